The molecule has 5 nitrogen and oxygen atoms in total. The maximum Gasteiger partial charge on any atom is 0.232 e. The quantitative estimate of drug-likeness (QED) is 0.655. The van der Waals surface area contributed by atoms with Crippen molar-refractivity contribution < 1.29 is 24.5 Å². The van der Waals surface area contributed by atoms with E-state index in [2.05, 4.69) is 0 Å². The number of phenols is 2. The van der Waals surface area contributed by atoms with Crippen LogP contribution in [0.15, 0.2) is 42.2 Å². The molecule has 1 heterocycles. The fourth-order valence-corrected chi connectivity index (χ4v) is 2.06. The average molecular weight is 284 g/mol. The molecular formula is C16H12O5. The molecule has 3 rings (SSSR count). The van der Waals surface area contributed by atoms with E-state index < -0.39 is 0 Å². The number of methoxy groups -OCH3 is 1. The van der Waals surface area contributed by atoms with Gasteiger partial charge in [0.05, 0.1) is 12.7 Å². The van der Waals surface area contributed by atoms with Gasteiger partial charge in [0.25, 0.3) is 0 Å². The number of Topliss-reactive ketones (excluding diaryl/α,β-unsaturated/α-hetero) is 1. The normalized spacial score (nSPS) is 14.9. The predicted molar refractivity (Wildman–Crippen MR) is 75.7 cm³/mol. The van der Waals surface area contributed by atoms with E-state index in [1.165, 1.54) is 12.1 Å². The maximum atomic E-state index is 12.2. The summed E-state index contributed by atoms with van der Waals surface area (Å²) in [5.41, 5.74) is 1.01. The summed E-state index contributed by atoms with van der Waals surface area (Å²) in [6.45, 7) is 0. The zero-order valence-corrected chi connectivity index (χ0v) is 11.2. The summed E-state index contributed by atoms with van der Waals surface area (Å²) in [6.07, 6.45) is 1.59. The number of hydrogen-bond donors (Lipinski definition) is 2. The summed E-state index contributed by atoms with van der Waals surface area (Å²) < 4.78 is 10.5. The van der Waals surface area contributed by atoms with Gasteiger partial charge < -0.3 is 19.7 Å². The molecule has 0 saturated heterocycles. The second kappa shape index (κ2) is 4.86. The minimum absolute atomic E-state index is 0.139. The van der Waals surface area contributed by atoms with Gasteiger partial charge in [0.2, 0.25) is 5.78 Å². The summed E-state index contributed by atoms with van der Waals surface area (Å²) in [4.78, 5) is 12.2. The molecule has 0 unspecified atom stereocenters. The smallest absolute Gasteiger partial charge is 0.232 e. The van der Waals surface area contributed by atoms with Crippen LogP contribution in [0.2, 0.25) is 0 Å². The molecule has 21 heavy (non-hydrogen) atoms. The number of benzene rings is 2. The molecule has 106 valence electrons. The minimum Gasteiger partial charge on any atom is -0.504 e. The highest BCUT2D eigenvalue weighted by atomic mass is 16.5. The number of aromatic hydroxyl groups is 2. The van der Waals surface area contributed by atoms with Gasteiger partial charge in [-0.3, -0.25) is 4.79 Å². The van der Waals surface area contributed by atoms with E-state index in [0.717, 1.165) is 5.56 Å². The van der Waals surface area contributed by atoms with Crippen LogP contribution in [-0.2, 0) is 0 Å². The van der Waals surface area contributed by atoms with Crippen molar-refractivity contribution in [3.63, 3.8) is 0 Å². The largest absolute Gasteiger partial charge is 0.504 e. The predicted octanol–water partition coefficient (Wildman–Crippen LogP) is 2.72. The van der Waals surface area contributed by atoms with Crippen molar-refractivity contribution in [2.45, 2.75) is 0 Å². The third-order valence-electron chi connectivity index (χ3n) is 3.18. The van der Waals surface area contributed by atoms with Gasteiger partial charge in [-0.2, -0.15) is 0 Å². The number of hydrogen-bond acceptors (Lipinski definition) is 5. The number of ether oxygens (including phenoxy) is 2. The van der Waals surface area contributed by atoms with Gasteiger partial charge in [-0.05, 0) is 29.8 Å². The number of allylic oxidation sites excluding steroid dienone is 1. The van der Waals surface area contributed by atoms with Crippen molar-refractivity contribution in [1.82, 2.24) is 0 Å². The van der Waals surface area contributed by atoms with Crippen molar-refractivity contribution in [2.75, 3.05) is 7.11 Å². The van der Waals surface area contributed by atoms with E-state index in [-0.39, 0.29) is 34.4 Å². The van der Waals surface area contributed by atoms with Gasteiger partial charge >= 0.3 is 0 Å². The Bertz CT molecular complexity index is 744. The SMILES string of the molecule is COc1ccc(/C=C2\Oc3cc(O)c(O)cc3C2=O)cc1. The molecule has 2 N–H and O–H groups in total. The lowest BCUT2D eigenvalue weighted by Gasteiger charge is -2.01. The van der Waals surface area contributed by atoms with Gasteiger partial charge in [-0.1, -0.05) is 12.1 Å². The monoisotopic (exact) mass is 284 g/mol. The van der Waals surface area contributed by atoms with Crippen LogP contribution in [0.3, 0.4) is 0 Å². The van der Waals surface area contributed by atoms with Crippen molar-refractivity contribution in [3.05, 3.63) is 53.3 Å². The van der Waals surface area contributed by atoms with Gasteiger partial charge in [0.1, 0.15) is 11.5 Å². The molecular weight excluding hydrogens is 272 g/mol. The summed E-state index contributed by atoms with van der Waals surface area (Å²) in [6, 6.07) is 9.55. The molecule has 2 aromatic rings. The first kappa shape index (κ1) is 13.1. The Balaban J connectivity index is 1.94. The van der Waals surface area contributed by atoms with Gasteiger partial charge in [-0.15, -0.1) is 0 Å². The highest BCUT2D eigenvalue weighted by molar-refractivity contribution is 6.14. The lowest BCUT2D eigenvalue weighted by Crippen LogP contribution is -1.98. The number of carbonyl (C=O) groups is 1. The second-order valence-electron chi connectivity index (χ2n) is 4.55. The summed E-state index contributed by atoms with van der Waals surface area (Å²) in [5.74, 6) is 0.0731. The molecule has 0 bridgehead atoms. The molecule has 1 aliphatic rings. The van der Waals surface area contributed by atoms with Crippen molar-refractivity contribution >= 4 is 11.9 Å². The molecule has 5 heteroatoms. The molecule has 0 fully saturated rings. The number of phenolic OH excluding ortho intramolecular Hbond substituents is 2. The van der Waals surface area contributed by atoms with Crippen LogP contribution < -0.4 is 9.47 Å². The van der Waals surface area contributed by atoms with E-state index in [4.69, 9.17) is 9.47 Å². The van der Waals surface area contributed by atoms with E-state index in [0.29, 0.717) is 5.75 Å². The molecule has 0 radical (unpaired) electrons. The van der Waals surface area contributed by atoms with E-state index >= 15 is 0 Å². The molecule has 0 aromatic heterocycles. The average Bonchev–Trinajstić information content (AvgIpc) is 2.77. The van der Waals surface area contributed by atoms with Crippen LogP contribution in [0, 0.1) is 0 Å². The van der Waals surface area contributed by atoms with Crippen molar-refractivity contribution in [2.24, 2.45) is 0 Å². The molecule has 0 atom stereocenters. The lowest BCUT2D eigenvalue weighted by molar-refractivity contribution is 0.101. The third-order valence-corrected chi connectivity index (χ3v) is 3.18. The Morgan fingerprint density at radius 2 is 1.76 bits per heavy atom. The zero-order chi connectivity index (χ0) is 15.0. The number of rotatable bonds is 2. The molecule has 0 aliphatic carbocycles. The van der Waals surface area contributed by atoms with Crippen LogP contribution in [-0.4, -0.2) is 23.1 Å². The summed E-state index contributed by atoms with van der Waals surface area (Å²) in [7, 11) is 1.58. The first-order valence-electron chi connectivity index (χ1n) is 6.23. The van der Waals surface area contributed by atoms with Crippen LogP contribution >= 0.6 is 0 Å². The molecule has 1 aliphatic heterocycles. The Morgan fingerprint density at radius 1 is 1.10 bits per heavy atom. The highest BCUT2D eigenvalue weighted by Gasteiger charge is 2.29. The lowest BCUT2D eigenvalue weighted by atomic mass is 10.1. The number of carbonyl (C=O) groups excluding carboxylic acids is 1. The molecule has 2 aromatic carbocycles. The van der Waals surface area contributed by atoms with Crippen molar-refractivity contribution in [1.29, 1.82) is 0 Å². The Hall–Kier alpha value is -2.95. The Kier molecular flexibility index (Phi) is 3.02. The van der Waals surface area contributed by atoms with Crippen LogP contribution in [0.1, 0.15) is 15.9 Å². The van der Waals surface area contributed by atoms with E-state index in [1.54, 1.807) is 37.5 Å². The van der Waals surface area contributed by atoms with Gasteiger partial charge in [0, 0.05) is 6.07 Å². The Morgan fingerprint density at radius 3 is 2.43 bits per heavy atom. The highest BCUT2D eigenvalue weighted by Crippen LogP contribution is 2.39. The molecule has 0 saturated carbocycles. The molecule has 0 amide bonds. The minimum atomic E-state index is -0.351. The summed E-state index contributed by atoms with van der Waals surface area (Å²) in [5, 5.41) is 18.9. The maximum absolute atomic E-state index is 12.2. The Labute approximate surface area is 120 Å². The van der Waals surface area contributed by atoms with E-state index in [9.17, 15) is 15.0 Å². The fraction of sp³-hybridized carbons (Fsp3) is 0.0625. The topological polar surface area (TPSA) is 76.0 Å². The van der Waals surface area contributed by atoms with Crippen LogP contribution in [0.4, 0.5) is 0 Å². The van der Waals surface area contributed by atoms with Gasteiger partial charge in [-0.25, -0.2) is 0 Å². The summed E-state index contributed by atoms with van der Waals surface area (Å²) >= 11 is 0. The van der Waals surface area contributed by atoms with Gasteiger partial charge in [0.15, 0.2) is 17.3 Å². The van der Waals surface area contributed by atoms with Crippen LogP contribution in [0.25, 0.3) is 6.08 Å². The number of ketones is 1. The van der Waals surface area contributed by atoms with Crippen molar-refractivity contribution in [3.8, 4) is 23.0 Å². The number of fused-ring (bicyclic) bond motifs is 1. The first-order chi connectivity index (χ1) is 10.1. The zero-order valence-electron chi connectivity index (χ0n) is 11.2. The molecule has 0 spiro atoms. The van der Waals surface area contributed by atoms with E-state index in [1.807, 2.05) is 0 Å². The standard InChI is InChI=1S/C16H12O5/c1-20-10-4-2-9(3-5-10)6-15-16(19)11-7-12(17)13(18)8-14(11)21-15/h2-8,17-18H,1H3/b15-6-. The third kappa shape index (κ3) is 2.29. The van der Waals surface area contributed by atoms with Crippen LogP contribution in [0.5, 0.6) is 23.0 Å². The second-order valence-corrected chi connectivity index (χ2v) is 4.55. The fourth-order valence-electron chi connectivity index (χ4n) is 2.06. The first-order valence-corrected chi connectivity index (χ1v) is 6.23.